The normalized spacial score (nSPS) is 16.4. The van der Waals surface area contributed by atoms with Crippen LogP contribution in [0.1, 0.15) is 29.8 Å². The third-order valence-corrected chi connectivity index (χ3v) is 4.58. The molecule has 2 aromatic rings. The summed E-state index contributed by atoms with van der Waals surface area (Å²) in [5, 5.41) is 8.59. The lowest BCUT2D eigenvalue weighted by molar-refractivity contribution is 0.372. The molecule has 0 radical (unpaired) electrons. The standard InChI is InChI=1S/C16H20ClN3/c1-3-20-16(14(17)10-19-20)15(18-2)13-8-11-6-4-5-7-12(11)9-13/h4-7,10,13,15,18H,3,8-9H2,1-2H3. The van der Waals surface area contributed by atoms with Crippen LogP contribution in [0.5, 0.6) is 0 Å². The highest BCUT2D eigenvalue weighted by Gasteiger charge is 2.31. The molecule has 0 saturated heterocycles. The maximum absolute atomic E-state index is 6.36. The summed E-state index contributed by atoms with van der Waals surface area (Å²) in [6.07, 6.45) is 3.96. The fourth-order valence-corrected chi connectivity index (χ4v) is 3.62. The molecule has 0 saturated carbocycles. The Morgan fingerprint density at radius 3 is 2.55 bits per heavy atom. The zero-order valence-electron chi connectivity index (χ0n) is 11.9. The fourth-order valence-electron chi connectivity index (χ4n) is 3.36. The number of rotatable bonds is 4. The van der Waals surface area contributed by atoms with E-state index < -0.39 is 0 Å². The summed E-state index contributed by atoms with van der Waals surface area (Å²) in [7, 11) is 2.01. The van der Waals surface area contributed by atoms with E-state index in [4.69, 9.17) is 11.6 Å². The maximum atomic E-state index is 6.36. The predicted octanol–water partition coefficient (Wildman–Crippen LogP) is 3.23. The number of fused-ring (bicyclic) bond motifs is 1. The van der Waals surface area contributed by atoms with E-state index in [1.807, 2.05) is 11.7 Å². The largest absolute Gasteiger partial charge is 0.311 e. The van der Waals surface area contributed by atoms with Gasteiger partial charge in [-0.2, -0.15) is 5.10 Å². The zero-order chi connectivity index (χ0) is 14.1. The first-order valence-electron chi connectivity index (χ1n) is 7.19. The van der Waals surface area contributed by atoms with Crippen molar-refractivity contribution in [1.82, 2.24) is 15.1 Å². The Morgan fingerprint density at radius 2 is 2.00 bits per heavy atom. The van der Waals surface area contributed by atoms with Gasteiger partial charge in [0.15, 0.2) is 0 Å². The lowest BCUT2D eigenvalue weighted by Crippen LogP contribution is -2.28. The molecule has 1 atom stereocenters. The lowest BCUT2D eigenvalue weighted by atomic mass is 9.94. The van der Waals surface area contributed by atoms with E-state index in [9.17, 15) is 0 Å². The van der Waals surface area contributed by atoms with Gasteiger partial charge in [-0.3, -0.25) is 4.68 Å². The Morgan fingerprint density at radius 1 is 1.35 bits per heavy atom. The zero-order valence-corrected chi connectivity index (χ0v) is 12.7. The fraction of sp³-hybridized carbons (Fsp3) is 0.438. The first-order valence-corrected chi connectivity index (χ1v) is 7.57. The van der Waals surface area contributed by atoms with Crippen molar-refractivity contribution in [3.05, 3.63) is 52.3 Å². The minimum Gasteiger partial charge on any atom is -0.311 e. The van der Waals surface area contributed by atoms with Crippen LogP contribution in [0.2, 0.25) is 5.02 Å². The summed E-state index contributed by atoms with van der Waals surface area (Å²) < 4.78 is 2.01. The highest BCUT2D eigenvalue weighted by molar-refractivity contribution is 6.31. The average Bonchev–Trinajstić information content (AvgIpc) is 3.04. The summed E-state index contributed by atoms with van der Waals surface area (Å²) in [6.45, 7) is 2.95. The predicted molar refractivity (Wildman–Crippen MR) is 82.1 cm³/mol. The van der Waals surface area contributed by atoms with Crippen LogP contribution in [0.15, 0.2) is 30.5 Å². The maximum Gasteiger partial charge on any atom is 0.0834 e. The third-order valence-electron chi connectivity index (χ3n) is 4.29. The van der Waals surface area contributed by atoms with Crippen molar-refractivity contribution in [3.8, 4) is 0 Å². The number of hydrogen-bond acceptors (Lipinski definition) is 2. The highest BCUT2D eigenvalue weighted by Crippen LogP contribution is 2.37. The summed E-state index contributed by atoms with van der Waals surface area (Å²) >= 11 is 6.36. The molecule has 1 unspecified atom stereocenters. The Hall–Kier alpha value is -1.32. The van der Waals surface area contributed by atoms with E-state index in [0.29, 0.717) is 5.92 Å². The van der Waals surface area contributed by atoms with Crippen LogP contribution < -0.4 is 5.32 Å². The lowest BCUT2D eigenvalue weighted by Gasteiger charge is -2.24. The number of aryl methyl sites for hydroxylation is 1. The van der Waals surface area contributed by atoms with E-state index in [1.165, 1.54) is 11.1 Å². The van der Waals surface area contributed by atoms with Crippen molar-refractivity contribution in [2.24, 2.45) is 5.92 Å². The van der Waals surface area contributed by atoms with E-state index >= 15 is 0 Å². The third kappa shape index (κ3) is 2.25. The van der Waals surface area contributed by atoms with E-state index in [2.05, 4.69) is 41.6 Å². The minimum absolute atomic E-state index is 0.248. The summed E-state index contributed by atoms with van der Waals surface area (Å²) in [5.74, 6) is 0.539. The van der Waals surface area contributed by atoms with E-state index in [0.717, 1.165) is 30.1 Å². The molecule has 20 heavy (non-hydrogen) atoms. The van der Waals surface area contributed by atoms with Gasteiger partial charge in [0, 0.05) is 6.54 Å². The molecule has 0 fully saturated rings. The van der Waals surface area contributed by atoms with Gasteiger partial charge in [-0.1, -0.05) is 35.9 Å². The molecule has 3 rings (SSSR count). The molecule has 1 aromatic carbocycles. The van der Waals surface area contributed by atoms with Gasteiger partial charge in [0.1, 0.15) is 0 Å². The van der Waals surface area contributed by atoms with Crippen molar-refractivity contribution in [2.75, 3.05) is 7.05 Å². The Kier molecular flexibility index (Phi) is 3.81. The van der Waals surface area contributed by atoms with Crippen LogP contribution in [-0.2, 0) is 19.4 Å². The second-order valence-electron chi connectivity index (χ2n) is 5.40. The smallest absolute Gasteiger partial charge is 0.0834 e. The van der Waals surface area contributed by atoms with Crippen LogP contribution in [0.3, 0.4) is 0 Å². The van der Waals surface area contributed by atoms with Crippen molar-refractivity contribution in [3.63, 3.8) is 0 Å². The molecule has 1 N–H and O–H groups in total. The first kappa shape index (κ1) is 13.7. The molecule has 1 aromatic heterocycles. The first-order chi connectivity index (χ1) is 9.74. The number of benzene rings is 1. The van der Waals surface area contributed by atoms with Crippen LogP contribution in [0.25, 0.3) is 0 Å². The second-order valence-corrected chi connectivity index (χ2v) is 5.80. The van der Waals surface area contributed by atoms with Crippen molar-refractivity contribution >= 4 is 11.6 Å². The molecule has 0 bridgehead atoms. The molecule has 1 aliphatic rings. The van der Waals surface area contributed by atoms with Crippen LogP contribution in [0.4, 0.5) is 0 Å². The molecule has 3 nitrogen and oxygen atoms in total. The molecule has 0 spiro atoms. The molecule has 4 heteroatoms. The van der Waals surface area contributed by atoms with E-state index in [-0.39, 0.29) is 6.04 Å². The molecular formula is C16H20ClN3. The number of nitrogens with one attached hydrogen (secondary N) is 1. The monoisotopic (exact) mass is 289 g/mol. The van der Waals surface area contributed by atoms with Gasteiger partial charge in [0.25, 0.3) is 0 Å². The van der Waals surface area contributed by atoms with E-state index in [1.54, 1.807) is 6.20 Å². The van der Waals surface area contributed by atoms with Gasteiger partial charge in [-0.25, -0.2) is 0 Å². The molecule has 0 aliphatic heterocycles. The number of nitrogens with zero attached hydrogens (tertiary/aromatic N) is 2. The van der Waals surface area contributed by atoms with Crippen molar-refractivity contribution in [1.29, 1.82) is 0 Å². The summed E-state index contributed by atoms with van der Waals surface area (Å²) in [4.78, 5) is 0. The molecule has 106 valence electrons. The number of hydrogen-bond donors (Lipinski definition) is 1. The minimum atomic E-state index is 0.248. The van der Waals surface area contributed by atoms with Gasteiger partial charge in [-0.15, -0.1) is 0 Å². The highest BCUT2D eigenvalue weighted by atomic mass is 35.5. The quantitative estimate of drug-likeness (QED) is 0.936. The van der Waals surface area contributed by atoms with Crippen LogP contribution in [-0.4, -0.2) is 16.8 Å². The van der Waals surface area contributed by atoms with Gasteiger partial charge >= 0.3 is 0 Å². The van der Waals surface area contributed by atoms with Crippen molar-refractivity contribution in [2.45, 2.75) is 32.4 Å². The summed E-state index contributed by atoms with van der Waals surface area (Å²) in [6, 6.07) is 8.97. The molecule has 1 aliphatic carbocycles. The Bertz CT molecular complexity index is 581. The van der Waals surface area contributed by atoms with Crippen LogP contribution >= 0.6 is 11.6 Å². The second kappa shape index (κ2) is 5.58. The van der Waals surface area contributed by atoms with Crippen molar-refractivity contribution < 1.29 is 0 Å². The average molecular weight is 290 g/mol. The van der Waals surface area contributed by atoms with Gasteiger partial charge in [0.2, 0.25) is 0 Å². The number of halogens is 1. The molecular weight excluding hydrogens is 270 g/mol. The van der Waals surface area contributed by atoms with Gasteiger partial charge < -0.3 is 5.32 Å². The van der Waals surface area contributed by atoms with Gasteiger partial charge in [0.05, 0.1) is 23.0 Å². The topological polar surface area (TPSA) is 29.9 Å². The SMILES string of the molecule is CCn1ncc(Cl)c1C(NC)C1Cc2ccccc2C1. The van der Waals surface area contributed by atoms with Gasteiger partial charge in [-0.05, 0) is 43.9 Å². The Labute approximate surface area is 124 Å². The Balaban J connectivity index is 1.91. The number of aromatic nitrogens is 2. The van der Waals surface area contributed by atoms with Crippen LogP contribution in [0, 0.1) is 5.92 Å². The molecule has 0 amide bonds. The molecule has 1 heterocycles. The summed E-state index contributed by atoms with van der Waals surface area (Å²) in [5.41, 5.74) is 4.06.